The van der Waals surface area contributed by atoms with Gasteiger partial charge < -0.3 is 52.6 Å². The van der Waals surface area contributed by atoms with E-state index in [9.17, 15) is 47.9 Å². The summed E-state index contributed by atoms with van der Waals surface area (Å²) in [6, 6.07) is 17.1. The molecule has 29 heteroatoms. The van der Waals surface area contributed by atoms with Crippen LogP contribution in [0.2, 0.25) is 0 Å². The first kappa shape index (κ1) is 120. The number of nitriles is 3. The molecule has 0 aromatic carbocycles. The SMILES string of the molecule is CC(=O)/C=C/C(C)C.CC(=O)CC(C)=O.CCC/C=C/C(C)=O.CCCc1cc(C)[nH]c(=O)c1C#N.CCCc1cc(C)[nH]c(=O)c1CN.CCl.CCl.CCl.Cc1cc(C(C)C)c(C#N)c(=O)[nH]1.Cc1cc(C(C)C)c(CN)c(=O)[nH]1.Cc1cc(C)c(C#N)c(=O)[nH]1.Cc1cc(C)c(CN)c(=O)[nH]1.Cl.Cl.Cl.O. The Morgan fingerprint density at radius 1 is 0.430 bits per heavy atom. The van der Waals surface area contributed by atoms with Gasteiger partial charge in [-0.3, -0.25) is 47.9 Å². The smallest absolute Gasteiger partial charge is 0.266 e. The number of allylic oxidation sites excluding steroid dienone is 4. The molecule has 602 valence electrons. The van der Waals surface area contributed by atoms with Gasteiger partial charge in [-0.1, -0.05) is 93.7 Å². The number of aromatic amines is 6. The van der Waals surface area contributed by atoms with E-state index in [1.165, 1.54) is 33.0 Å². The van der Waals surface area contributed by atoms with E-state index >= 15 is 0 Å². The van der Waals surface area contributed by atoms with Crippen LogP contribution in [-0.2, 0) is 51.7 Å². The van der Waals surface area contributed by atoms with E-state index < -0.39 is 0 Å². The number of hydrogen-bond donors (Lipinski definition) is 9. The van der Waals surface area contributed by atoms with E-state index in [0.29, 0.717) is 42.6 Å². The summed E-state index contributed by atoms with van der Waals surface area (Å²) in [5.74, 6) is 1.17. The molecule has 0 saturated carbocycles. The summed E-state index contributed by atoms with van der Waals surface area (Å²) in [7, 11) is 0. The first-order chi connectivity index (χ1) is 48.3. The number of aromatic nitrogens is 6. The minimum atomic E-state index is -0.301. The lowest BCUT2D eigenvalue weighted by Crippen LogP contribution is -2.20. The standard InChI is InChI=1S/C10H16N2O.C10H12N2O.C10H16N2O.C10H12N2O.C8H12N2O.C8H8N2O.2C7H12O.C5H8O2.3CH3Cl.3ClH.H2O/c2*1-6(2)8-4-7(3)12-10(13)9(8)5-11;2*1-3-4-8-5-7(2)12-10(13)9(8)6-11;2*1-5-3-6(2)10-8(11)7(5)4-9;1-6(2)4-5-7(3)8;1-3-4-5-6-7(2)8;1-4(6)3-5(2)7;3*1-2;;;;/h4,6H,5,11H2,1-3H3,(H,12,13);4,6H,1-3H3,(H,12,13);5H,3-4,6,11H2,1-2H3,(H,12,13);5H,3-4H2,1-2H3,(H,12,13);3H,4,9H2,1-2H3,(H,10,11);3H,1-2H3,(H,10,11);4-6H,1-3H3;5-6H,3-4H2,1-2H3;3H2,1-2H3;3*1H3;3*1H;1H2/b;;;;;;5-4+;6-5+;;;;;;;;. The minimum absolute atomic E-state index is 0. The van der Waals surface area contributed by atoms with Crippen LogP contribution in [0.15, 0.2) is 89.5 Å². The number of nitrogens with two attached hydrogens (primary N) is 3. The molecule has 0 aliphatic heterocycles. The van der Waals surface area contributed by atoms with Crippen LogP contribution in [-0.4, -0.2) is 77.7 Å². The number of nitrogens with one attached hydrogen (secondary N) is 6. The van der Waals surface area contributed by atoms with Gasteiger partial charge in [0.05, 0.1) is 6.42 Å². The number of halogens is 6. The number of nitrogens with zero attached hydrogens (tertiary/aromatic N) is 3. The van der Waals surface area contributed by atoms with Crippen molar-refractivity contribution in [2.45, 2.75) is 222 Å². The van der Waals surface area contributed by atoms with E-state index in [4.69, 9.17) is 33.0 Å². The zero-order valence-electron chi connectivity index (χ0n) is 67.1. The number of hydrogen-bond acceptors (Lipinski definition) is 16. The molecule has 0 aliphatic rings. The summed E-state index contributed by atoms with van der Waals surface area (Å²) in [6.07, 6.45) is 17.3. The van der Waals surface area contributed by atoms with Crippen LogP contribution >= 0.6 is 72.0 Å². The Kier molecular flexibility index (Phi) is 79.4. The molecule has 6 rings (SSSR count). The average molecular weight is 1620 g/mol. The highest BCUT2D eigenvalue weighted by atomic mass is 35.5. The monoisotopic (exact) mass is 1610 g/mol. The van der Waals surface area contributed by atoms with Crippen molar-refractivity contribution in [1.82, 2.24) is 29.9 Å². The first-order valence-corrected chi connectivity index (χ1v) is 35.7. The van der Waals surface area contributed by atoms with E-state index in [1.807, 2.05) is 137 Å². The molecular weight excluding hydrogens is 1490 g/mol. The van der Waals surface area contributed by atoms with Crippen molar-refractivity contribution < 1.29 is 24.7 Å². The van der Waals surface area contributed by atoms with Crippen LogP contribution in [0.5, 0.6) is 0 Å². The Morgan fingerprint density at radius 2 is 0.748 bits per heavy atom. The molecule has 0 unspecified atom stereocenters. The van der Waals surface area contributed by atoms with Crippen LogP contribution < -0.4 is 50.6 Å². The van der Waals surface area contributed by atoms with Gasteiger partial charge >= 0.3 is 0 Å². The molecule has 0 bridgehead atoms. The fraction of sp³-hybridized carbons (Fsp3) is 0.474. The van der Waals surface area contributed by atoms with Gasteiger partial charge in [0, 0.05) is 89.6 Å². The zero-order valence-corrected chi connectivity index (χ0v) is 71.8. The van der Waals surface area contributed by atoms with Crippen molar-refractivity contribution in [3.8, 4) is 18.2 Å². The number of carbonyl (C=O) groups is 4. The molecule has 0 saturated heterocycles. The maximum Gasteiger partial charge on any atom is 0.266 e. The topological polar surface area (TPSA) is 446 Å². The Balaban J connectivity index is -0.000000123. The van der Waals surface area contributed by atoms with Gasteiger partial charge in [-0.05, 0) is 202 Å². The van der Waals surface area contributed by atoms with Crippen molar-refractivity contribution in [3.05, 3.63) is 224 Å². The van der Waals surface area contributed by atoms with E-state index in [1.54, 1.807) is 45.9 Å². The van der Waals surface area contributed by atoms with Crippen molar-refractivity contribution >= 4 is 95.2 Å². The second-order valence-corrected chi connectivity index (χ2v) is 23.9. The number of Topliss-reactive ketones (excluding diaryl/α,β-unsaturated/α-hetero) is 2. The predicted octanol–water partition coefficient (Wildman–Crippen LogP) is 14.1. The maximum atomic E-state index is 11.5. The van der Waals surface area contributed by atoms with Crippen LogP contribution in [0.4, 0.5) is 0 Å². The number of unbranched alkanes of at least 4 members (excludes halogenated alkanes) is 1. The molecule has 6 heterocycles. The molecule has 6 aromatic heterocycles. The summed E-state index contributed by atoms with van der Waals surface area (Å²) in [5, 5.41) is 26.0. The van der Waals surface area contributed by atoms with E-state index in [2.05, 4.69) is 92.4 Å². The zero-order chi connectivity index (χ0) is 81.4. The summed E-state index contributed by atoms with van der Waals surface area (Å²) in [5.41, 5.74) is 28.8. The molecule has 0 radical (unpaired) electrons. The van der Waals surface area contributed by atoms with Crippen LogP contribution in [0.1, 0.15) is 235 Å². The largest absolute Gasteiger partial charge is 0.412 e. The van der Waals surface area contributed by atoms with Gasteiger partial charge in [0.25, 0.3) is 33.4 Å². The molecule has 0 amide bonds. The third-order valence-electron chi connectivity index (χ3n) is 13.2. The van der Waals surface area contributed by atoms with Crippen LogP contribution in [0.3, 0.4) is 0 Å². The number of rotatable bonds is 16. The lowest BCUT2D eigenvalue weighted by Gasteiger charge is -2.10. The van der Waals surface area contributed by atoms with Crippen molar-refractivity contribution in [3.63, 3.8) is 0 Å². The molecule has 0 aliphatic carbocycles. The highest BCUT2D eigenvalue weighted by Gasteiger charge is 2.12. The van der Waals surface area contributed by atoms with Crippen molar-refractivity contribution in [2.24, 2.45) is 23.1 Å². The summed E-state index contributed by atoms with van der Waals surface area (Å²) < 4.78 is 0. The van der Waals surface area contributed by atoms with E-state index in [-0.39, 0.29) is 128 Å². The van der Waals surface area contributed by atoms with Crippen molar-refractivity contribution in [2.75, 3.05) is 19.1 Å². The number of carbonyl (C=O) groups excluding carboxylic acids is 4. The number of aryl methyl sites for hydroxylation is 10. The Labute approximate surface area is 667 Å². The highest BCUT2D eigenvalue weighted by Crippen LogP contribution is 2.18. The molecule has 23 nitrogen and oxygen atoms in total. The summed E-state index contributed by atoms with van der Waals surface area (Å²) in [6.45, 7) is 39.9. The number of alkyl halides is 3. The van der Waals surface area contributed by atoms with E-state index in [0.717, 1.165) is 112 Å². The van der Waals surface area contributed by atoms with Gasteiger partial charge in [0.15, 0.2) is 11.6 Å². The molecular formula is C78H122Cl6N12O11. The third kappa shape index (κ3) is 55.0. The van der Waals surface area contributed by atoms with Crippen LogP contribution in [0.25, 0.3) is 0 Å². The van der Waals surface area contributed by atoms with Gasteiger partial charge in [-0.25, -0.2) is 0 Å². The number of ketones is 4. The molecule has 0 spiro atoms. The predicted molar refractivity (Wildman–Crippen MR) is 450 cm³/mol. The molecule has 0 atom stereocenters. The maximum absolute atomic E-state index is 11.5. The van der Waals surface area contributed by atoms with Gasteiger partial charge in [-0.15, -0.1) is 72.0 Å². The number of H-pyrrole nitrogens is 6. The second-order valence-electron chi connectivity index (χ2n) is 23.9. The summed E-state index contributed by atoms with van der Waals surface area (Å²) in [4.78, 5) is 124. The van der Waals surface area contributed by atoms with Gasteiger partial charge in [0.1, 0.15) is 46.5 Å². The van der Waals surface area contributed by atoms with Gasteiger partial charge in [-0.2, -0.15) is 15.8 Å². The molecule has 107 heavy (non-hydrogen) atoms. The molecule has 0 fully saturated rings. The third-order valence-corrected chi connectivity index (χ3v) is 13.2. The Morgan fingerprint density at radius 3 is 1.06 bits per heavy atom. The highest BCUT2D eigenvalue weighted by molar-refractivity contribution is 6.15. The Bertz CT molecular complexity index is 4100. The molecule has 14 N–H and O–H groups in total. The minimum Gasteiger partial charge on any atom is -0.412 e. The lowest BCUT2D eigenvalue weighted by molar-refractivity contribution is -0.124. The average Bonchev–Trinajstić information content (AvgIpc) is 0.858. The molecule has 6 aromatic rings. The van der Waals surface area contributed by atoms with Gasteiger partial charge in [0.2, 0.25) is 0 Å². The fourth-order valence-electron chi connectivity index (χ4n) is 8.82. The first-order valence-electron chi connectivity index (χ1n) is 33.4. The van der Waals surface area contributed by atoms with Crippen molar-refractivity contribution in [1.29, 1.82) is 15.8 Å². The quantitative estimate of drug-likeness (QED) is 0.0247. The normalized spacial score (nSPS) is 9.25. The summed E-state index contributed by atoms with van der Waals surface area (Å²) >= 11 is 13.9. The van der Waals surface area contributed by atoms with Crippen LogP contribution in [0, 0.1) is 95.3 Å². The second kappa shape index (κ2) is 70.9. The fourth-order valence-corrected chi connectivity index (χ4v) is 8.82. The number of pyridine rings is 6. The Hall–Kier alpha value is -8.09. The lowest BCUT2D eigenvalue weighted by atomic mass is 9.98.